The quantitative estimate of drug-likeness (QED) is 0.155. The Labute approximate surface area is 385 Å². The Balaban J connectivity index is 0.000000229. The van der Waals surface area contributed by atoms with Gasteiger partial charge in [0.05, 0.1) is 0 Å². The molecule has 0 aromatic heterocycles. The van der Waals surface area contributed by atoms with Gasteiger partial charge in [0, 0.05) is 10.8 Å². The summed E-state index contributed by atoms with van der Waals surface area (Å²) in [7, 11) is 0. The minimum Gasteiger partial charge on any atom is -1.00 e. The van der Waals surface area contributed by atoms with Crippen LogP contribution in [-0.4, -0.2) is 3.21 Å². The zero-order valence-corrected chi connectivity index (χ0v) is 42.6. The van der Waals surface area contributed by atoms with Crippen molar-refractivity contribution in [3.63, 3.8) is 0 Å². The molecule has 0 aliphatic heterocycles. The van der Waals surface area contributed by atoms with E-state index in [2.05, 4.69) is 220 Å². The molecule has 0 heterocycles. The van der Waals surface area contributed by atoms with E-state index in [0.717, 1.165) is 0 Å². The summed E-state index contributed by atoms with van der Waals surface area (Å²) >= 11 is 1.46. The maximum Gasteiger partial charge on any atom is -1.00 e. The van der Waals surface area contributed by atoms with Gasteiger partial charge in [0.25, 0.3) is 0 Å². The molecule has 0 amide bonds. The summed E-state index contributed by atoms with van der Waals surface area (Å²) in [6.45, 7) is 36.6. The molecule has 0 saturated carbocycles. The van der Waals surface area contributed by atoms with Crippen LogP contribution in [0.2, 0.25) is 0 Å². The molecule has 59 heavy (non-hydrogen) atoms. The van der Waals surface area contributed by atoms with Crippen molar-refractivity contribution in [2.24, 2.45) is 22.2 Å². The molecule has 3 aliphatic carbocycles. The molecule has 5 aromatic carbocycles. The fourth-order valence-electron chi connectivity index (χ4n) is 8.55. The average molecular weight is 901 g/mol. The number of halogens is 2. The van der Waals surface area contributed by atoms with Crippen molar-refractivity contribution in [3.05, 3.63) is 159 Å². The molecule has 3 heteroatoms. The van der Waals surface area contributed by atoms with Crippen molar-refractivity contribution in [1.29, 1.82) is 0 Å². The molecule has 0 saturated heterocycles. The summed E-state index contributed by atoms with van der Waals surface area (Å²) in [5.41, 5.74) is 16.3. The number of allylic oxidation sites excluding steroid dienone is 8. The summed E-state index contributed by atoms with van der Waals surface area (Å²) in [5, 5.41) is 5.58. The zero-order chi connectivity index (χ0) is 42.0. The molecular weight excluding hydrogens is 835 g/mol. The largest absolute Gasteiger partial charge is 1.00 e. The third-order valence-electron chi connectivity index (χ3n) is 12.1. The van der Waals surface area contributed by atoms with Crippen molar-refractivity contribution < 1.29 is 49.0 Å². The van der Waals surface area contributed by atoms with Crippen molar-refractivity contribution in [2.75, 3.05) is 0 Å². The molecule has 0 spiro atoms. The van der Waals surface area contributed by atoms with Gasteiger partial charge in [-0.25, -0.2) is 6.08 Å². The Morgan fingerprint density at radius 3 is 1.25 bits per heavy atom. The van der Waals surface area contributed by atoms with Gasteiger partial charge in [-0.2, -0.15) is 11.6 Å². The van der Waals surface area contributed by atoms with Crippen LogP contribution in [0.15, 0.2) is 109 Å². The minimum atomic E-state index is 0. The first-order valence-corrected chi connectivity index (χ1v) is 22.2. The Kier molecular flexibility index (Phi) is 14.4. The van der Waals surface area contributed by atoms with E-state index in [1.807, 2.05) is 0 Å². The van der Waals surface area contributed by atoms with Crippen LogP contribution in [0.4, 0.5) is 0 Å². The molecular formula is C56H66Cl2Zr-2. The summed E-state index contributed by atoms with van der Waals surface area (Å²) in [6, 6.07) is 29.9. The average Bonchev–Trinajstić information content (AvgIpc) is 3.84. The second-order valence-electron chi connectivity index (χ2n) is 21.3. The number of hydrogen-bond acceptors (Lipinski definition) is 0. The van der Waals surface area contributed by atoms with Crippen LogP contribution in [0.5, 0.6) is 0 Å². The van der Waals surface area contributed by atoms with E-state index in [0.29, 0.717) is 11.3 Å². The maximum atomic E-state index is 3.26. The van der Waals surface area contributed by atoms with Crippen LogP contribution in [0.3, 0.4) is 0 Å². The molecule has 3 aliphatic rings. The van der Waals surface area contributed by atoms with Gasteiger partial charge in [-0.15, -0.1) is 39.7 Å². The van der Waals surface area contributed by atoms with Gasteiger partial charge < -0.3 is 24.8 Å². The predicted octanol–water partition coefficient (Wildman–Crippen LogP) is 9.55. The predicted molar refractivity (Wildman–Crippen MR) is 248 cm³/mol. The van der Waals surface area contributed by atoms with Crippen LogP contribution in [-0.2, 0) is 35.1 Å². The van der Waals surface area contributed by atoms with Crippen molar-refractivity contribution in [1.82, 2.24) is 0 Å². The standard InChI is InChI=1S/C31H37.C15H14.C10H15.2ClH.Zr/c1-28(2,3)26-16-30(7,8)24-12-18-11-19-13-25-23(15-21(19)20(18)14-22(24)26)27(29(4,5)6)17-31(25,9)10;1-12-3-7-14(8-4-12)11-15-9-5-13(2)6-10-15;1-8-5-6-9(7-8)10(2,3)4;;;/h11-17H,1-10H3;3-10H,1-2H3;6-8H,1-4H3;2*1H;/q-1;;-1;;;+2/p-2. The molecule has 8 rings (SSSR count). The van der Waals surface area contributed by atoms with Gasteiger partial charge in [0.1, 0.15) is 0 Å². The van der Waals surface area contributed by atoms with E-state index in [4.69, 9.17) is 0 Å². The number of aryl methyl sites for hydroxylation is 2. The Hall–Kier alpha value is -2.96. The van der Waals surface area contributed by atoms with Crippen molar-refractivity contribution >= 4 is 35.9 Å². The van der Waals surface area contributed by atoms with Crippen LogP contribution in [0.1, 0.15) is 141 Å². The zero-order valence-electron chi connectivity index (χ0n) is 38.6. The van der Waals surface area contributed by atoms with E-state index in [1.165, 1.54) is 110 Å². The molecule has 0 N–H and O–H groups in total. The molecule has 5 aromatic rings. The van der Waals surface area contributed by atoms with Gasteiger partial charge in [0.15, 0.2) is 0 Å². The number of benzene rings is 4. The number of hydrogen-bond donors (Lipinski definition) is 0. The van der Waals surface area contributed by atoms with Crippen LogP contribution in [0, 0.1) is 42.1 Å². The Morgan fingerprint density at radius 1 is 0.593 bits per heavy atom. The van der Waals surface area contributed by atoms with Crippen LogP contribution < -0.4 is 24.8 Å². The SMILES string of the molecule is CC(C)(C)C1=CC(C)(C)c2cc3[cH-]c4cc5c(cc4c3cc21)C(C(C)(C)C)=CC5(C)C.CC1[C-]=CC(C(C)(C)C)=C1.Cc1ccc([C](=[Zr+2])c2ccc(C)cc2)cc1.[Cl-].[Cl-]. The van der Waals surface area contributed by atoms with Gasteiger partial charge in [-0.1, -0.05) is 144 Å². The Bertz CT molecular complexity index is 2320. The van der Waals surface area contributed by atoms with E-state index in [9.17, 15) is 0 Å². The van der Waals surface area contributed by atoms with E-state index < -0.39 is 0 Å². The van der Waals surface area contributed by atoms with Crippen LogP contribution in [0.25, 0.3) is 32.7 Å². The second-order valence-corrected chi connectivity index (χ2v) is 22.5. The van der Waals surface area contributed by atoms with E-state index in [-0.39, 0.29) is 46.5 Å². The first-order valence-electron chi connectivity index (χ1n) is 21.0. The second kappa shape index (κ2) is 17.4. The van der Waals surface area contributed by atoms with E-state index >= 15 is 0 Å². The normalized spacial score (nSPS) is 17.3. The summed E-state index contributed by atoms with van der Waals surface area (Å²) in [4.78, 5) is 0. The fourth-order valence-corrected chi connectivity index (χ4v) is 9.37. The summed E-state index contributed by atoms with van der Waals surface area (Å²) < 4.78 is 1.42. The minimum absolute atomic E-state index is 0. The maximum absolute atomic E-state index is 3.26. The Morgan fingerprint density at radius 2 is 0.966 bits per heavy atom. The third-order valence-corrected chi connectivity index (χ3v) is 13.5. The molecule has 1 atom stereocenters. The van der Waals surface area contributed by atoms with Gasteiger partial charge in [0.2, 0.25) is 0 Å². The topological polar surface area (TPSA) is 0 Å². The van der Waals surface area contributed by atoms with Gasteiger partial charge in [-0.3, -0.25) is 6.08 Å². The van der Waals surface area contributed by atoms with Crippen molar-refractivity contribution in [2.45, 2.75) is 122 Å². The molecule has 0 radical (unpaired) electrons. The monoisotopic (exact) mass is 898 g/mol. The molecule has 0 fully saturated rings. The molecule has 0 bridgehead atoms. The third kappa shape index (κ3) is 10.4. The number of fused-ring (bicyclic) bond motifs is 5. The van der Waals surface area contributed by atoms with Gasteiger partial charge >= 0.3 is 112 Å². The number of rotatable bonds is 2. The smallest absolute Gasteiger partial charge is 1.00 e. The first kappa shape index (κ1) is 48.7. The summed E-state index contributed by atoms with van der Waals surface area (Å²) in [6.07, 6.45) is 12.7. The fraction of sp³-hybridized carbons (Fsp3) is 0.393. The van der Waals surface area contributed by atoms with Gasteiger partial charge in [-0.05, 0) is 33.1 Å². The molecule has 310 valence electrons. The summed E-state index contributed by atoms with van der Waals surface area (Å²) in [5.74, 6) is 0.522. The molecule has 0 nitrogen and oxygen atoms in total. The van der Waals surface area contributed by atoms with Crippen LogP contribution >= 0.6 is 0 Å². The molecule has 1 unspecified atom stereocenters. The first-order chi connectivity index (χ1) is 26.3. The van der Waals surface area contributed by atoms with Crippen molar-refractivity contribution in [3.8, 4) is 0 Å². The van der Waals surface area contributed by atoms with E-state index in [1.54, 1.807) is 0 Å².